The van der Waals surface area contributed by atoms with Gasteiger partial charge in [-0.3, -0.25) is 0 Å². The highest BCUT2D eigenvalue weighted by Crippen LogP contribution is 2.27. The van der Waals surface area contributed by atoms with Crippen molar-refractivity contribution in [3.05, 3.63) is 11.1 Å². The molecule has 0 bridgehead atoms. The fourth-order valence-electron chi connectivity index (χ4n) is 0.965. The molecule has 0 N–H and O–H groups in total. The van der Waals surface area contributed by atoms with Gasteiger partial charge >= 0.3 is 0 Å². The topological polar surface area (TPSA) is 67.7 Å². The van der Waals surface area contributed by atoms with Crippen LogP contribution in [-0.4, -0.2) is 38.4 Å². The zero-order valence-electron chi connectivity index (χ0n) is 9.38. The number of halogens is 1. The van der Waals surface area contributed by atoms with E-state index in [2.05, 4.69) is 24.3 Å². The maximum atomic E-state index is 5.83. The summed E-state index contributed by atoms with van der Waals surface area (Å²) >= 11 is 8.47. The number of aryl methyl sites for hydroxylation is 1. The van der Waals surface area contributed by atoms with E-state index in [1.54, 1.807) is 4.90 Å². The van der Waals surface area contributed by atoms with Crippen molar-refractivity contribution in [2.24, 2.45) is 0 Å². The lowest BCUT2D eigenvalue weighted by molar-refractivity contribution is 0.865. The molecule has 0 saturated heterocycles. The van der Waals surface area contributed by atoms with Gasteiger partial charge in [0, 0.05) is 14.1 Å². The van der Waals surface area contributed by atoms with E-state index < -0.39 is 0 Å². The molecule has 90 valence electrons. The fourth-order valence-corrected chi connectivity index (χ4v) is 2.67. The maximum Gasteiger partial charge on any atom is 0.230 e. The van der Waals surface area contributed by atoms with Crippen molar-refractivity contribution in [1.82, 2.24) is 24.3 Å². The number of anilines is 1. The predicted molar refractivity (Wildman–Crippen MR) is 67.9 cm³/mol. The monoisotopic (exact) mass is 288 g/mol. The molecule has 17 heavy (non-hydrogen) atoms. The van der Waals surface area contributed by atoms with Gasteiger partial charge in [-0.15, -0.1) is 0 Å². The van der Waals surface area contributed by atoms with Crippen molar-refractivity contribution in [2.45, 2.75) is 16.4 Å². The molecule has 2 aromatic rings. The van der Waals surface area contributed by atoms with Crippen LogP contribution in [0.5, 0.6) is 0 Å². The molecule has 0 aromatic carbocycles. The molecular weight excluding hydrogens is 280 g/mol. The van der Waals surface area contributed by atoms with E-state index in [-0.39, 0.29) is 5.28 Å². The highest BCUT2D eigenvalue weighted by Gasteiger charge is 2.10. The first kappa shape index (κ1) is 12.5. The van der Waals surface area contributed by atoms with Crippen LogP contribution in [0.15, 0.2) is 9.50 Å². The molecule has 9 heteroatoms. The summed E-state index contributed by atoms with van der Waals surface area (Å²) < 4.78 is 4.87. The number of rotatable bonds is 3. The van der Waals surface area contributed by atoms with Crippen molar-refractivity contribution >= 4 is 40.8 Å². The van der Waals surface area contributed by atoms with Crippen LogP contribution in [-0.2, 0) is 0 Å². The van der Waals surface area contributed by atoms with Crippen LogP contribution in [0.4, 0.5) is 5.95 Å². The Bertz CT molecular complexity index is 528. The quantitative estimate of drug-likeness (QED) is 0.854. The molecular formula is C8H9ClN6S2. The Morgan fingerprint density at radius 2 is 1.94 bits per heavy atom. The summed E-state index contributed by atoms with van der Waals surface area (Å²) in [5.41, 5.74) is 0. The van der Waals surface area contributed by atoms with E-state index >= 15 is 0 Å². The average molecular weight is 289 g/mol. The highest BCUT2D eigenvalue weighted by molar-refractivity contribution is 8.00. The Labute approximate surface area is 112 Å². The van der Waals surface area contributed by atoms with E-state index in [0.29, 0.717) is 11.1 Å². The smallest absolute Gasteiger partial charge is 0.230 e. The third-order valence-corrected chi connectivity index (χ3v) is 3.54. The maximum absolute atomic E-state index is 5.83. The second-order valence-electron chi connectivity index (χ2n) is 3.29. The molecule has 0 spiro atoms. The van der Waals surface area contributed by atoms with Crippen LogP contribution in [0.2, 0.25) is 5.28 Å². The molecule has 0 fully saturated rings. The van der Waals surface area contributed by atoms with Gasteiger partial charge in [-0.2, -0.15) is 19.3 Å². The Balaban J connectivity index is 2.26. The highest BCUT2D eigenvalue weighted by atomic mass is 35.5. The van der Waals surface area contributed by atoms with Crippen molar-refractivity contribution < 1.29 is 0 Å². The van der Waals surface area contributed by atoms with Gasteiger partial charge in [0.05, 0.1) is 0 Å². The number of aromatic nitrogens is 5. The molecule has 6 nitrogen and oxygen atoms in total. The fraction of sp³-hybridized carbons (Fsp3) is 0.375. The van der Waals surface area contributed by atoms with E-state index in [4.69, 9.17) is 11.6 Å². The molecule has 0 atom stereocenters. The van der Waals surface area contributed by atoms with Gasteiger partial charge in [0.25, 0.3) is 0 Å². The Morgan fingerprint density at radius 1 is 1.18 bits per heavy atom. The Kier molecular flexibility index (Phi) is 3.75. The summed E-state index contributed by atoms with van der Waals surface area (Å²) in [7, 11) is 3.68. The number of nitrogens with zero attached hydrogens (tertiary/aromatic N) is 6. The van der Waals surface area contributed by atoms with Gasteiger partial charge in [-0.1, -0.05) is 0 Å². The standard InChI is InChI=1S/C8H9ClN6S2/c1-4-10-8(17-14-4)16-7-12-5(9)11-6(13-7)15(2)3/h1-3H3. The van der Waals surface area contributed by atoms with E-state index in [0.717, 1.165) is 10.2 Å². The second-order valence-corrected chi connectivity index (χ2v) is 5.60. The molecule has 2 heterocycles. The minimum absolute atomic E-state index is 0.174. The van der Waals surface area contributed by atoms with Gasteiger partial charge in [-0.25, -0.2) is 4.98 Å². The van der Waals surface area contributed by atoms with Crippen molar-refractivity contribution in [3.8, 4) is 0 Å². The summed E-state index contributed by atoms with van der Waals surface area (Å²) in [4.78, 5) is 18.3. The summed E-state index contributed by atoms with van der Waals surface area (Å²) in [6.45, 7) is 1.84. The van der Waals surface area contributed by atoms with Gasteiger partial charge in [0.1, 0.15) is 5.82 Å². The van der Waals surface area contributed by atoms with E-state index in [9.17, 15) is 0 Å². The first-order valence-corrected chi connectivity index (χ1v) is 6.58. The van der Waals surface area contributed by atoms with E-state index in [1.165, 1.54) is 23.3 Å². The lowest BCUT2D eigenvalue weighted by atomic mass is 10.8. The van der Waals surface area contributed by atoms with Crippen LogP contribution < -0.4 is 4.90 Å². The first-order valence-electron chi connectivity index (χ1n) is 4.61. The van der Waals surface area contributed by atoms with Crippen LogP contribution in [0.3, 0.4) is 0 Å². The average Bonchev–Trinajstić information content (AvgIpc) is 2.63. The molecule has 0 aliphatic carbocycles. The molecule has 2 aromatic heterocycles. The Morgan fingerprint density at radius 3 is 2.53 bits per heavy atom. The molecule has 0 aliphatic heterocycles. The van der Waals surface area contributed by atoms with Gasteiger partial charge in [0.15, 0.2) is 4.34 Å². The Hall–Kier alpha value is -0.990. The molecule has 0 amide bonds. The predicted octanol–water partition coefficient (Wildman–Crippen LogP) is 1.90. The summed E-state index contributed by atoms with van der Waals surface area (Å²) in [5.74, 6) is 1.26. The third-order valence-electron chi connectivity index (χ3n) is 1.66. The van der Waals surface area contributed by atoms with Gasteiger partial charge in [0.2, 0.25) is 16.4 Å². The van der Waals surface area contributed by atoms with Crippen LogP contribution in [0, 0.1) is 6.92 Å². The number of hydrogen-bond acceptors (Lipinski definition) is 8. The van der Waals surface area contributed by atoms with E-state index in [1.807, 2.05) is 21.0 Å². The minimum Gasteiger partial charge on any atom is -0.347 e. The molecule has 0 unspecified atom stereocenters. The molecule has 2 rings (SSSR count). The van der Waals surface area contributed by atoms with Gasteiger partial charge < -0.3 is 4.90 Å². The van der Waals surface area contributed by atoms with Crippen molar-refractivity contribution in [1.29, 1.82) is 0 Å². The summed E-state index contributed by atoms with van der Waals surface area (Å²) in [6.07, 6.45) is 0. The lowest BCUT2D eigenvalue weighted by Gasteiger charge is -2.09. The SMILES string of the molecule is Cc1nsc(Sc2nc(Cl)nc(N(C)C)n2)n1. The van der Waals surface area contributed by atoms with Crippen molar-refractivity contribution in [3.63, 3.8) is 0 Å². The summed E-state index contributed by atoms with van der Waals surface area (Å²) in [5, 5.41) is 0.692. The van der Waals surface area contributed by atoms with Crippen LogP contribution in [0.1, 0.15) is 5.82 Å². The third kappa shape index (κ3) is 3.24. The van der Waals surface area contributed by atoms with Crippen LogP contribution >= 0.6 is 34.9 Å². The van der Waals surface area contributed by atoms with Gasteiger partial charge in [-0.05, 0) is 41.8 Å². The largest absolute Gasteiger partial charge is 0.347 e. The normalized spacial score (nSPS) is 10.6. The zero-order chi connectivity index (χ0) is 12.4. The van der Waals surface area contributed by atoms with Crippen LogP contribution in [0.25, 0.3) is 0 Å². The number of hydrogen-bond donors (Lipinski definition) is 0. The lowest BCUT2D eigenvalue weighted by Crippen LogP contribution is -2.13. The molecule has 0 radical (unpaired) electrons. The zero-order valence-corrected chi connectivity index (χ0v) is 11.8. The summed E-state index contributed by atoms with van der Waals surface area (Å²) in [6, 6.07) is 0. The molecule has 0 saturated carbocycles. The minimum atomic E-state index is 0.174. The molecule has 0 aliphatic rings. The first-order chi connectivity index (χ1) is 8.04. The second kappa shape index (κ2) is 5.11. The van der Waals surface area contributed by atoms with Crippen molar-refractivity contribution in [2.75, 3.05) is 19.0 Å².